The molecule has 0 bridgehead atoms. The van der Waals surface area contributed by atoms with E-state index in [2.05, 4.69) is 30.6 Å². The number of hydrogen-bond donors (Lipinski definition) is 0. The van der Waals surface area contributed by atoms with Gasteiger partial charge < -0.3 is 4.74 Å². The Morgan fingerprint density at radius 1 is 1.06 bits per heavy atom. The Hall–Kier alpha value is -1.46. The summed E-state index contributed by atoms with van der Waals surface area (Å²) >= 11 is 0. The first kappa shape index (κ1) is 12.6. The summed E-state index contributed by atoms with van der Waals surface area (Å²) in [6, 6.07) is 9.76. The molecule has 0 spiro atoms. The molecule has 1 rings (SSSR count). The molecule has 0 saturated heterocycles. The van der Waals surface area contributed by atoms with Gasteiger partial charge in [-0.3, -0.25) is 4.90 Å². The lowest BCUT2D eigenvalue weighted by Crippen LogP contribution is -2.22. The molecule has 0 saturated carbocycles. The molecule has 0 aromatic heterocycles. The van der Waals surface area contributed by atoms with Crippen LogP contribution in [-0.2, 0) is 0 Å². The van der Waals surface area contributed by atoms with Gasteiger partial charge in [-0.15, -0.1) is 0 Å². The zero-order chi connectivity index (χ0) is 11.6. The summed E-state index contributed by atoms with van der Waals surface area (Å²) in [7, 11) is 0. The third kappa shape index (κ3) is 4.86. The quantitative estimate of drug-likeness (QED) is 0.702. The van der Waals surface area contributed by atoms with E-state index < -0.39 is 0 Å². The average molecular weight is 217 g/mol. The minimum Gasteiger partial charge on any atom is -0.481 e. The first-order chi connectivity index (χ1) is 7.86. The van der Waals surface area contributed by atoms with Gasteiger partial charge in [-0.1, -0.05) is 43.9 Å². The van der Waals surface area contributed by atoms with E-state index in [9.17, 15) is 0 Å². The van der Waals surface area contributed by atoms with Gasteiger partial charge in [-0.2, -0.15) is 0 Å². The number of rotatable bonds is 5. The van der Waals surface area contributed by atoms with E-state index in [4.69, 9.17) is 4.74 Å². The monoisotopic (exact) mass is 217 g/mol. The van der Waals surface area contributed by atoms with Gasteiger partial charge in [0.25, 0.3) is 0 Å². The van der Waals surface area contributed by atoms with E-state index in [1.807, 2.05) is 30.3 Å². The fraction of sp³-hybridized carbons (Fsp3) is 0.429. The highest BCUT2D eigenvalue weighted by atomic mass is 16.5. The van der Waals surface area contributed by atoms with Crippen LogP contribution in [0.25, 0.3) is 0 Å². The molecular formula is C14H19NO. The topological polar surface area (TPSA) is 12.5 Å². The number of nitrogens with zero attached hydrogens (tertiary/aromatic N) is 1. The molecule has 0 atom stereocenters. The van der Waals surface area contributed by atoms with Gasteiger partial charge in [0.05, 0.1) is 6.54 Å². The Bertz CT molecular complexity index is 333. The van der Waals surface area contributed by atoms with Crippen molar-refractivity contribution in [3.05, 3.63) is 30.3 Å². The van der Waals surface area contributed by atoms with Crippen LogP contribution in [0.3, 0.4) is 0 Å². The predicted octanol–water partition coefficient (Wildman–Crippen LogP) is 2.41. The van der Waals surface area contributed by atoms with E-state index in [1.54, 1.807) is 0 Å². The number of benzene rings is 1. The van der Waals surface area contributed by atoms with Gasteiger partial charge in [-0.25, -0.2) is 0 Å². The second-order valence-corrected chi connectivity index (χ2v) is 3.42. The first-order valence-electron chi connectivity index (χ1n) is 5.72. The van der Waals surface area contributed by atoms with Crippen molar-refractivity contribution < 1.29 is 4.74 Å². The van der Waals surface area contributed by atoms with Crippen molar-refractivity contribution in [2.24, 2.45) is 0 Å². The van der Waals surface area contributed by atoms with E-state index in [-0.39, 0.29) is 0 Å². The van der Waals surface area contributed by atoms with Crippen molar-refractivity contribution in [1.29, 1.82) is 0 Å². The summed E-state index contributed by atoms with van der Waals surface area (Å²) in [4.78, 5) is 2.27. The van der Waals surface area contributed by atoms with Crippen LogP contribution in [-0.4, -0.2) is 31.1 Å². The molecule has 2 nitrogen and oxygen atoms in total. The highest BCUT2D eigenvalue weighted by Crippen LogP contribution is 2.07. The maximum Gasteiger partial charge on any atom is 0.149 e. The molecule has 0 unspecified atom stereocenters. The number of hydrogen-bond acceptors (Lipinski definition) is 2. The van der Waals surface area contributed by atoms with Gasteiger partial charge in [-0.05, 0) is 25.2 Å². The number of para-hydroxylation sites is 1. The summed E-state index contributed by atoms with van der Waals surface area (Å²) in [5.41, 5.74) is 0. The maximum absolute atomic E-state index is 5.46. The lowest BCUT2D eigenvalue weighted by molar-refractivity contribution is 0.341. The summed E-state index contributed by atoms with van der Waals surface area (Å²) in [5.74, 6) is 7.00. The SMILES string of the molecule is CCN(CC)CC#CCOc1ccccc1. The largest absolute Gasteiger partial charge is 0.481 e. The molecule has 0 aliphatic carbocycles. The summed E-state index contributed by atoms with van der Waals surface area (Å²) in [6.45, 7) is 7.67. The molecule has 0 radical (unpaired) electrons. The zero-order valence-corrected chi connectivity index (χ0v) is 10.1. The van der Waals surface area contributed by atoms with Gasteiger partial charge in [0.1, 0.15) is 12.4 Å². The van der Waals surface area contributed by atoms with E-state index in [1.165, 1.54) is 0 Å². The average Bonchev–Trinajstić information content (AvgIpc) is 2.35. The second-order valence-electron chi connectivity index (χ2n) is 3.42. The molecule has 0 aliphatic heterocycles. The van der Waals surface area contributed by atoms with Crippen LogP contribution in [0.15, 0.2) is 30.3 Å². The maximum atomic E-state index is 5.46. The van der Waals surface area contributed by atoms with E-state index >= 15 is 0 Å². The molecular weight excluding hydrogens is 198 g/mol. The zero-order valence-electron chi connectivity index (χ0n) is 10.1. The predicted molar refractivity (Wildman–Crippen MR) is 67.5 cm³/mol. The molecule has 0 heterocycles. The van der Waals surface area contributed by atoms with Crippen molar-refractivity contribution >= 4 is 0 Å². The molecule has 16 heavy (non-hydrogen) atoms. The van der Waals surface area contributed by atoms with Gasteiger partial charge in [0, 0.05) is 0 Å². The van der Waals surface area contributed by atoms with Crippen LogP contribution in [0.2, 0.25) is 0 Å². The Kier molecular flexibility index (Phi) is 6.13. The van der Waals surface area contributed by atoms with Crippen LogP contribution in [0, 0.1) is 11.8 Å². The molecule has 1 aromatic rings. The Balaban J connectivity index is 2.23. The van der Waals surface area contributed by atoms with E-state index in [0.29, 0.717) is 6.61 Å². The van der Waals surface area contributed by atoms with Gasteiger partial charge >= 0.3 is 0 Å². The van der Waals surface area contributed by atoms with Gasteiger partial charge in [0.2, 0.25) is 0 Å². The molecule has 2 heteroatoms. The fourth-order valence-electron chi connectivity index (χ4n) is 1.30. The number of ether oxygens (including phenoxy) is 1. The standard InChI is InChI=1S/C14H19NO/c1-3-15(4-2)12-8-9-13-16-14-10-6-5-7-11-14/h5-7,10-11H,3-4,12-13H2,1-2H3. The van der Waals surface area contributed by atoms with Crippen LogP contribution in [0.4, 0.5) is 0 Å². The van der Waals surface area contributed by atoms with Crippen LogP contribution < -0.4 is 4.74 Å². The molecule has 1 aromatic carbocycles. The first-order valence-corrected chi connectivity index (χ1v) is 5.72. The molecule has 0 fully saturated rings. The van der Waals surface area contributed by atoms with Crippen molar-refractivity contribution in [2.75, 3.05) is 26.2 Å². The normalized spacial score (nSPS) is 9.69. The van der Waals surface area contributed by atoms with Crippen molar-refractivity contribution in [3.63, 3.8) is 0 Å². The fourth-order valence-corrected chi connectivity index (χ4v) is 1.30. The van der Waals surface area contributed by atoms with Crippen molar-refractivity contribution in [3.8, 4) is 17.6 Å². The summed E-state index contributed by atoms with van der Waals surface area (Å²) in [5, 5.41) is 0. The summed E-state index contributed by atoms with van der Waals surface area (Å²) < 4.78 is 5.46. The Morgan fingerprint density at radius 3 is 2.38 bits per heavy atom. The molecule has 86 valence electrons. The van der Waals surface area contributed by atoms with Crippen LogP contribution in [0.5, 0.6) is 5.75 Å². The highest BCUT2D eigenvalue weighted by Gasteiger charge is 1.93. The third-order valence-electron chi connectivity index (χ3n) is 2.38. The summed E-state index contributed by atoms with van der Waals surface area (Å²) in [6.07, 6.45) is 0. The van der Waals surface area contributed by atoms with Crippen LogP contribution in [0.1, 0.15) is 13.8 Å². The lowest BCUT2D eigenvalue weighted by Gasteiger charge is -2.13. The van der Waals surface area contributed by atoms with Crippen molar-refractivity contribution in [2.45, 2.75) is 13.8 Å². The van der Waals surface area contributed by atoms with Gasteiger partial charge in [0.15, 0.2) is 0 Å². The molecule has 0 aliphatic rings. The minimum atomic E-state index is 0.464. The molecule has 0 amide bonds. The third-order valence-corrected chi connectivity index (χ3v) is 2.38. The van der Waals surface area contributed by atoms with Crippen molar-refractivity contribution in [1.82, 2.24) is 4.90 Å². The minimum absolute atomic E-state index is 0.464. The molecule has 0 N–H and O–H groups in total. The smallest absolute Gasteiger partial charge is 0.149 e. The lowest BCUT2D eigenvalue weighted by atomic mass is 10.3. The Labute approximate surface area is 98.2 Å². The second kappa shape index (κ2) is 7.78. The van der Waals surface area contributed by atoms with E-state index in [0.717, 1.165) is 25.4 Å². The Morgan fingerprint density at radius 2 is 1.75 bits per heavy atom. The highest BCUT2D eigenvalue weighted by molar-refractivity contribution is 5.21. The van der Waals surface area contributed by atoms with Crippen LogP contribution >= 0.6 is 0 Å².